The molecule has 1 aromatic heterocycles. The molecular weight excluding hydrogens is 322 g/mol. The van der Waals surface area contributed by atoms with Crippen molar-refractivity contribution in [2.45, 2.75) is 13.1 Å². The second kappa shape index (κ2) is 6.58. The molecular formula is C14H14BrN3O2. The Hall–Kier alpha value is -1.79. The van der Waals surface area contributed by atoms with Crippen LogP contribution in [-0.2, 0) is 13.1 Å². The van der Waals surface area contributed by atoms with E-state index < -0.39 is 5.97 Å². The smallest absolute Gasteiger partial charge is 0.339 e. The normalized spacial score (nSPS) is 10.8. The molecule has 0 bridgehead atoms. The van der Waals surface area contributed by atoms with Gasteiger partial charge in [-0.15, -0.1) is 0 Å². The summed E-state index contributed by atoms with van der Waals surface area (Å²) in [4.78, 5) is 20.9. The van der Waals surface area contributed by atoms with Crippen LogP contribution >= 0.6 is 15.9 Å². The highest BCUT2D eigenvalue weighted by Crippen LogP contribution is 2.14. The molecule has 5 nitrogen and oxygen atoms in total. The Bertz CT molecular complexity index is 619. The van der Waals surface area contributed by atoms with Gasteiger partial charge in [-0.05, 0) is 24.7 Å². The van der Waals surface area contributed by atoms with E-state index in [1.807, 2.05) is 36.2 Å². The second-order valence-corrected chi connectivity index (χ2v) is 5.41. The van der Waals surface area contributed by atoms with Crippen LogP contribution < -0.4 is 0 Å². The number of aromatic carboxylic acids is 1. The number of hydrogen-bond donors (Lipinski definition) is 1. The van der Waals surface area contributed by atoms with Crippen molar-refractivity contribution in [3.63, 3.8) is 0 Å². The third kappa shape index (κ3) is 3.85. The van der Waals surface area contributed by atoms with Crippen LogP contribution in [-0.4, -0.2) is 33.0 Å². The van der Waals surface area contributed by atoms with Crippen molar-refractivity contribution in [3.8, 4) is 0 Å². The van der Waals surface area contributed by atoms with Crippen molar-refractivity contribution in [2.75, 3.05) is 7.05 Å². The summed E-state index contributed by atoms with van der Waals surface area (Å²) >= 11 is 3.43. The van der Waals surface area contributed by atoms with E-state index >= 15 is 0 Å². The molecule has 0 aliphatic heterocycles. The molecule has 0 spiro atoms. The summed E-state index contributed by atoms with van der Waals surface area (Å²) in [6, 6.07) is 8.00. The van der Waals surface area contributed by atoms with Crippen LogP contribution in [0.1, 0.15) is 21.6 Å². The molecule has 1 aromatic carbocycles. The van der Waals surface area contributed by atoms with Gasteiger partial charge in [-0.3, -0.25) is 4.90 Å². The monoisotopic (exact) mass is 335 g/mol. The van der Waals surface area contributed by atoms with Gasteiger partial charge in [0.25, 0.3) is 0 Å². The minimum atomic E-state index is -1.00. The van der Waals surface area contributed by atoms with Crippen LogP contribution in [0.4, 0.5) is 0 Å². The van der Waals surface area contributed by atoms with E-state index in [2.05, 4.69) is 25.9 Å². The van der Waals surface area contributed by atoms with Gasteiger partial charge in [-0.2, -0.15) is 0 Å². The lowest BCUT2D eigenvalue weighted by Crippen LogP contribution is -2.20. The number of carbonyl (C=O) groups is 1. The molecule has 2 rings (SSSR count). The Balaban J connectivity index is 2.08. The number of carboxylic acids is 1. The minimum absolute atomic E-state index is 0.147. The molecule has 0 saturated heterocycles. The zero-order chi connectivity index (χ0) is 14.5. The van der Waals surface area contributed by atoms with E-state index in [4.69, 9.17) is 5.11 Å². The Morgan fingerprint density at radius 3 is 2.90 bits per heavy atom. The number of aromatic nitrogens is 2. The predicted molar refractivity (Wildman–Crippen MR) is 78.3 cm³/mol. The minimum Gasteiger partial charge on any atom is -0.478 e. The predicted octanol–water partition coefficient (Wildman–Crippen LogP) is 2.57. The van der Waals surface area contributed by atoms with Crippen molar-refractivity contribution in [3.05, 3.63) is 58.1 Å². The topological polar surface area (TPSA) is 66.3 Å². The van der Waals surface area contributed by atoms with E-state index in [0.29, 0.717) is 18.8 Å². The van der Waals surface area contributed by atoms with Gasteiger partial charge in [0.2, 0.25) is 0 Å². The van der Waals surface area contributed by atoms with Crippen LogP contribution in [0.3, 0.4) is 0 Å². The number of hydrogen-bond acceptors (Lipinski definition) is 4. The Morgan fingerprint density at radius 1 is 1.40 bits per heavy atom. The summed E-state index contributed by atoms with van der Waals surface area (Å²) in [6.07, 6.45) is 2.70. The van der Waals surface area contributed by atoms with Gasteiger partial charge in [0.1, 0.15) is 11.9 Å². The largest absolute Gasteiger partial charge is 0.478 e. The molecule has 0 aliphatic rings. The maximum atomic E-state index is 11.1. The van der Waals surface area contributed by atoms with Gasteiger partial charge in [0.05, 0.1) is 5.69 Å². The molecule has 0 aliphatic carbocycles. The quantitative estimate of drug-likeness (QED) is 0.909. The fourth-order valence-corrected chi connectivity index (χ4v) is 2.36. The third-order valence-electron chi connectivity index (χ3n) is 2.79. The number of rotatable bonds is 5. The van der Waals surface area contributed by atoms with Gasteiger partial charge in [0, 0.05) is 23.8 Å². The highest BCUT2D eigenvalue weighted by molar-refractivity contribution is 9.10. The summed E-state index contributed by atoms with van der Waals surface area (Å²) in [5.74, 6) is -1.00. The summed E-state index contributed by atoms with van der Waals surface area (Å²) in [7, 11) is 1.93. The molecule has 0 saturated carbocycles. The molecule has 0 amide bonds. The average Bonchev–Trinajstić information content (AvgIpc) is 2.38. The first-order chi connectivity index (χ1) is 9.56. The van der Waals surface area contributed by atoms with Crippen molar-refractivity contribution >= 4 is 21.9 Å². The van der Waals surface area contributed by atoms with Gasteiger partial charge in [-0.1, -0.05) is 28.1 Å². The Kier molecular flexibility index (Phi) is 4.81. The SMILES string of the molecule is CN(Cc1cccc(Br)c1)Cc1ncncc1C(=O)O. The molecule has 0 atom stereocenters. The van der Waals surface area contributed by atoms with E-state index in [0.717, 1.165) is 10.0 Å². The average molecular weight is 336 g/mol. The number of halogens is 1. The Labute approximate surface area is 125 Å². The van der Waals surface area contributed by atoms with Crippen LogP contribution in [0.5, 0.6) is 0 Å². The first kappa shape index (κ1) is 14.6. The fourth-order valence-electron chi connectivity index (χ4n) is 1.92. The molecule has 2 aromatic rings. The van der Waals surface area contributed by atoms with Crippen LogP contribution in [0, 0.1) is 0 Å². The van der Waals surface area contributed by atoms with Crippen molar-refractivity contribution in [1.29, 1.82) is 0 Å². The zero-order valence-corrected chi connectivity index (χ0v) is 12.5. The van der Waals surface area contributed by atoms with Gasteiger partial charge in [-0.25, -0.2) is 14.8 Å². The van der Waals surface area contributed by atoms with E-state index in [1.54, 1.807) is 0 Å². The second-order valence-electron chi connectivity index (χ2n) is 4.49. The Morgan fingerprint density at radius 2 is 2.20 bits per heavy atom. The first-order valence-electron chi connectivity index (χ1n) is 6.01. The molecule has 0 radical (unpaired) electrons. The lowest BCUT2D eigenvalue weighted by molar-refractivity contribution is 0.0693. The molecule has 20 heavy (non-hydrogen) atoms. The molecule has 0 fully saturated rings. The van der Waals surface area contributed by atoms with E-state index in [9.17, 15) is 4.79 Å². The van der Waals surface area contributed by atoms with Gasteiger partial charge >= 0.3 is 5.97 Å². The highest BCUT2D eigenvalue weighted by Gasteiger charge is 2.13. The summed E-state index contributed by atoms with van der Waals surface area (Å²) < 4.78 is 1.02. The van der Waals surface area contributed by atoms with Gasteiger partial charge < -0.3 is 5.11 Å². The number of nitrogens with zero attached hydrogens (tertiary/aromatic N) is 3. The van der Waals surface area contributed by atoms with Crippen molar-refractivity contribution < 1.29 is 9.90 Å². The van der Waals surface area contributed by atoms with Crippen molar-refractivity contribution in [1.82, 2.24) is 14.9 Å². The third-order valence-corrected chi connectivity index (χ3v) is 3.28. The lowest BCUT2D eigenvalue weighted by Gasteiger charge is -2.17. The maximum absolute atomic E-state index is 11.1. The molecule has 1 heterocycles. The highest BCUT2D eigenvalue weighted by atomic mass is 79.9. The van der Waals surface area contributed by atoms with Crippen molar-refractivity contribution in [2.24, 2.45) is 0 Å². The molecule has 104 valence electrons. The molecule has 1 N–H and O–H groups in total. The lowest BCUT2D eigenvalue weighted by atomic mass is 10.2. The first-order valence-corrected chi connectivity index (χ1v) is 6.80. The number of carboxylic acid groups (broad SMARTS) is 1. The summed E-state index contributed by atoms with van der Waals surface area (Å²) in [6.45, 7) is 1.17. The van der Waals surface area contributed by atoms with E-state index in [1.165, 1.54) is 12.5 Å². The van der Waals surface area contributed by atoms with E-state index in [-0.39, 0.29) is 5.56 Å². The molecule has 6 heteroatoms. The molecule has 0 unspecified atom stereocenters. The standard InChI is InChI=1S/C14H14BrN3O2/c1-18(7-10-3-2-4-11(15)5-10)8-13-12(14(19)20)6-16-9-17-13/h2-6,9H,7-8H2,1H3,(H,19,20). The van der Waals surface area contributed by atoms with Crippen LogP contribution in [0.25, 0.3) is 0 Å². The maximum Gasteiger partial charge on any atom is 0.339 e. The zero-order valence-electron chi connectivity index (χ0n) is 11.0. The summed E-state index contributed by atoms with van der Waals surface area (Å²) in [5, 5.41) is 9.10. The fraction of sp³-hybridized carbons (Fsp3) is 0.214. The van der Waals surface area contributed by atoms with Crippen LogP contribution in [0.2, 0.25) is 0 Å². The number of benzene rings is 1. The van der Waals surface area contributed by atoms with Crippen LogP contribution in [0.15, 0.2) is 41.3 Å². The summed E-state index contributed by atoms with van der Waals surface area (Å²) in [5.41, 5.74) is 1.81. The van der Waals surface area contributed by atoms with Gasteiger partial charge in [0.15, 0.2) is 0 Å².